The third-order valence-electron chi connectivity index (χ3n) is 4.34. The quantitative estimate of drug-likeness (QED) is 0.501. The van der Waals surface area contributed by atoms with Crippen molar-refractivity contribution in [2.24, 2.45) is 0 Å². The van der Waals surface area contributed by atoms with Crippen LogP contribution in [0.2, 0.25) is 0 Å². The lowest BCUT2D eigenvalue weighted by Gasteiger charge is -2.15. The number of nitrogens with zero attached hydrogens (tertiary/aromatic N) is 2. The fourth-order valence-corrected chi connectivity index (χ4v) is 3.82. The molecule has 5 nitrogen and oxygen atoms in total. The minimum absolute atomic E-state index is 0.456. The average Bonchev–Trinajstić information content (AvgIpc) is 3.33. The number of nitrogens with one attached hydrogen (secondary N) is 2. The van der Waals surface area contributed by atoms with E-state index >= 15 is 0 Å². The first kappa shape index (κ1) is 16.1. The molecule has 26 heavy (non-hydrogen) atoms. The Kier molecular flexibility index (Phi) is 3.99. The van der Waals surface area contributed by atoms with Gasteiger partial charge < -0.3 is 10.3 Å². The van der Waals surface area contributed by atoms with Crippen molar-refractivity contribution in [3.05, 3.63) is 64.9 Å². The topological polar surface area (TPSA) is 81.6 Å². The van der Waals surface area contributed by atoms with Crippen molar-refractivity contribution in [3.63, 3.8) is 0 Å². The van der Waals surface area contributed by atoms with Crippen LogP contribution in [0.1, 0.15) is 20.8 Å². The van der Waals surface area contributed by atoms with Crippen LogP contribution in [0.4, 0.5) is 11.4 Å². The highest BCUT2D eigenvalue weighted by Crippen LogP contribution is 2.37. The summed E-state index contributed by atoms with van der Waals surface area (Å²) in [5.74, 6) is 0. The van der Waals surface area contributed by atoms with E-state index in [-0.39, 0.29) is 0 Å². The Morgan fingerprint density at radius 1 is 1.23 bits per heavy atom. The molecule has 0 saturated heterocycles. The lowest BCUT2D eigenvalue weighted by atomic mass is 10.1. The van der Waals surface area contributed by atoms with Crippen molar-refractivity contribution in [2.45, 2.75) is 6.92 Å². The highest BCUT2D eigenvalue weighted by Gasteiger charge is 2.15. The fraction of sp³-hybridized carbons (Fsp3) is 0.0500. The van der Waals surface area contributed by atoms with Gasteiger partial charge in [-0.2, -0.15) is 5.26 Å². The second-order valence-electron chi connectivity index (χ2n) is 5.84. The lowest BCUT2D eigenvalue weighted by molar-refractivity contribution is 0.112. The standard InChI is InChI=1S/C20H14N4OS/c1-12-15-6-7-23-18(15)4-3-17(12)24-20-13(8-21)9-22-10-16(20)19-5-2-14(11-25)26-19/h2-7,9-11,23H,1H3,(H,22,24). The zero-order chi connectivity index (χ0) is 18.1. The summed E-state index contributed by atoms with van der Waals surface area (Å²) in [5.41, 5.74) is 5.04. The Morgan fingerprint density at radius 2 is 2.12 bits per heavy atom. The predicted octanol–water partition coefficient (Wildman–Crippen LogP) is 5.03. The number of aryl methyl sites for hydroxylation is 1. The summed E-state index contributed by atoms with van der Waals surface area (Å²) in [6.45, 7) is 2.04. The zero-order valence-electron chi connectivity index (χ0n) is 13.9. The third-order valence-corrected chi connectivity index (χ3v) is 5.38. The summed E-state index contributed by atoms with van der Waals surface area (Å²) in [7, 11) is 0. The van der Waals surface area contributed by atoms with Gasteiger partial charge in [0.2, 0.25) is 0 Å². The van der Waals surface area contributed by atoms with E-state index < -0.39 is 0 Å². The Labute approximate surface area is 153 Å². The summed E-state index contributed by atoms with van der Waals surface area (Å²) in [6.07, 6.45) is 6.00. The minimum Gasteiger partial charge on any atom is -0.361 e. The van der Waals surface area contributed by atoms with Crippen LogP contribution in [-0.2, 0) is 0 Å². The zero-order valence-corrected chi connectivity index (χ0v) is 14.7. The van der Waals surface area contributed by atoms with Crippen molar-refractivity contribution in [2.75, 3.05) is 5.32 Å². The molecule has 0 aliphatic rings. The first-order chi connectivity index (χ1) is 12.7. The Morgan fingerprint density at radius 3 is 2.88 bits per heavy atom. The van der Waals surface area contributed by atoms with Gasteiger partial charge in [-0.3, -0.25) is 9.78 Å². The summed E-state index contributed by atoms with van der Waals surface area (Å²) < 4.78 is 0. The molecular formula is C20H14N4OS. The van der Waals surface area contributed by atoms with Crippen LogP contribution >= 0.6 is 11.3 Å². The molecule has 126 valence electrons. The number of hydrogen-bond donors (Lipinski definition) is 2. The van der Waals surface area contributed by atoms with E-state index in [0.717, 1.165) is 38.9 Å². The number of fused-ring (bicyclic) bond motifs is 1. The number of H-pyrrole nitrogens is 1. The molecule has 2 N–H and O–H groups in total. The summed E-state index contributed by atoms with van der Waals surface area (Å²) in [4.78, 5) is 19.9. The van der Waals surface area contributed by atoms with Gasteiger partial charge in [0.25, 0.3) is 0 Å². The van der Waals surface area contributed by atoms with Gasteiger partial charge in [0.05, 0.1) is 16.1 Å². The second-order valence-corrected chi connectivity index (χ2v) is 6.96. The Balaban J connectivity index is 1.85. The summed E-state index contributed by atoms with van der Waals surface area (Å²) in [6, 6.07) is 11.9. The smallest absolute Gasteiger partial charge is 0.160 e. The number of benzene rings is 1. The number of pyridine rings is 1. The normalized spacial score (nSPS) is 10.6. The van der Waals surface area contributed by atoms with Crippen molar-refractivity contribution >= 4 is 39.9 Å². The number of rotatable bonds is 4. The molecule has 3 aromatic heterocycles. The van der Waals surface area contributed by atoms with Crippen LogP contribution in [0.25, 0.3) is 21.3 Å². The van der Waals surface area contributed by atoms with E-state index in [2.05, 4.69) is 21.4 Å². The summed E-state index contributed by atoms with van der Waals surface area (Å²) in [5, 5.41) is 14.1. The molecule has 1 aromatic carbocycles. The minimum atomic E-state index is 0.456. The van der Waals surface area contributed by atoms with Crippen LogP contribution in [0.5, 0.6) is 0 Å². The molecule has 0 unspecified atom stereocenters. The maximum absolute atomic E-state index is 11.0. The molecule has 4 rings (SSSR count). The van der Waals surface area contributed by atoms with Gasteiger partial charge in [0.15, 0.2) is 6.29 Å². The van der Waals surface area contributed by atoms with Crippen LogP contribution in [0.3, 0.4) is 0 Å². The third kappa shape index (κ3) is 2.65. The number of anilines is 2. The molecule has 0 bridgehead atoms. The highest BCUT2D eigenvalue weighted by atomic mass is 32.1. The first-order valence-electron chi connectivity index (χ1n) is 7.98. The maximum atomic E-state index is 11.0. The van der Waals surface area contributed by atoms with E-state index in [1.807, 2.05) is 37.4 Å². The van der Waals surface area contributed by atoms with Crippen molar-refractivity contribution in [1.29, 1.82) is 5.26 Å². The number of carbonyl (C=O) groups is 1. The predicted molar refractivity (Wildman–Crippen MR) is 104 cm³/mol. The summed E-state index contributed by atoms with van der Waals surface area (Å²) >= 11 is 1.38. The Hall–Kier alpha value is -3.43. The van der Waals surface area contributed by atoms with Gasteiger partial charge in [-0.25, -0.2) is 0 Å². The van der Waals surface area contributed by atoms with Crippen molar-refractivity contribution in [1.82, 2.24) is 9.97 Å². The van der Waals surface area contributed by atoms with Crippen LogP contribution in [0.15, 0.2) is 48.9 Å². The lowest BCUT2D eigenvalue weighted by Crippen LogP contribution is -1.99. The van der Waals surface area contributed by atoms with Crippen molar-refractivity contribution < 1.29 is 4.79 Å². The molecule has 6 heteroatoms. The molecule has 0 aliphatic carbocycles. The number of aromatic nitrogens is 2. The van der Waals surface area contributed by atoms with Gasteiger partial charge in [-0.15, -0.1) is 11.3 Å². The molecule has 0 radical (unpaired) electrons. The van der Waals surface area contributed by atoms with Gasteiger partial charge in [-0.05, 0) is 42.8 Å². The van der Waals surface area contributed by atoms with E-state index in [4.69, 9.17) is 0 Å². The molecule has 4 aromatic rings. The largest absolute Gasteiger partial charge is 0.361 e. The van der Waals surface area contributed by atoms with Gasteiger partial charge >= 0.3 is 0 Å². The van der Waals surface area contributed by atoms with Crippen LogP contribution < -0.4 is 5.32 Å². The van der Waals surface area contributed by atoms with Gasteiger partial charge in [-0.1, -0.05) is 0 Å². The fourth-order valence-electron chi connectivity index (χ4n) is 2.98. The molecule has 0 aliphatic heterocycles. The Bertz CT molecular complexity index is 1170. The molecule has 0 fully saturated rings. The molecule has 0 saturated carbocycles. The van der Waals surface area contributed by atoms with E-state index in [1.165, 1.54) is 11.3 Å². The molecule has 0 spiro atoms. The van der Waals surface area contributed by atoms with E-state index in [0.29, 0.717) is 16.1 Å². The van der Waals surface area contributed by atoms with Crippen molar-refractivity contribution in [3.8, 4) is 16.5 Å². The maximum Gasteiger partial charge on any atom is 0.160 e. The number of thiophene rings is 1. The van der Waals surface area contributed by atoms with Gasteiger partial charge in [0.1, 0.15) is 6.07 Å². The molecule has 0 amide bonds. The second kappa shape index (κ2) is 6.47. The average molecular weight is 358 g/mol. The first-order valence-corrected chi connectivity index (χ1v) is 8.80. The van der Waals surface area contributed by atoms with Crippen LogP contribution in [0, 0.1) is 18.3 Å². The number of nitriles is 1. The highest BCUT2D eigenvalue weighted by molar-refractivity contribution is 7.17. The van der Waals surface area contributed by atoms with Crippen LogP contribution in [-0.4, -0.2) is 16.3 Å². The SMILES string of the molecule is Cc1c(Nc2c(C#N)cncc2-c2ccc(C=O)s2)ccc2[nH]ccc12. The number of hydrogen-bond acceptors (Lipinski definition) is 5. The molecular weight excluding hydrogens is 344 g/mol. The number of aldehydes is 1. The number of aromatic amines is 1. The molecule has 3 heterocycles. The van der Waals surface area contributed by atoms with E-state index in [9.17, 15) is 10.1 Å². The number of carbonyl (C=O) groups excluding carboxylic acids is 1. The van der Waals surface area contributed by atoms with Gasteiger partial charge in [0, 0.05) is 45.6 Å². The molecule has 0 atom stereocenters. The monoisotopic (exact) mass is 358 g/mol. The van der Waals surface area contributed by atoms with E-state index in [1.54, 1.807) is 18.5 Å².